The van der Waals surface area contributed by atoms with Gasteiger partial charge in [0.15, 0.2) is 0 Å². The highest BCUT2D eigenvalue weighted by Crippen LogP contribution is 2.19. The predicted molar refractivity (Wildman–Crippen MR) is 109 cm³/mol. The molecule has 0 atom stereocenters. The van der Waals surface area contributed by atoms with Crippen LogP contribution in [0.1, 0.15) is 22.3 Å². The van der Waals surface area contributed by atoms with Crippen LogP contribution in [0.15, 0.2) is 71.8 Å². The third-order valence-corrected chi connectivity index (χ3v) is 4.49. The number of ether oxygens (including phenoxy) is 1. The number of hydrazone groups is 1. The Morgan fingerprint density at radius 2 is 1.81 bits per heavy atom. The fraction of sp³-hybridized carbons (Fsp3) is 0.136. The smallest absolute Gasteiger partial charge is 0.120 e. The number of halogens is 1. The highest BCUT2D eigenvalue weighted by molar-refractivity contribution is 6.31. The Balaban J connectivity index is 1.61. The quantitative estimate of drug-likeness (QED) is 0.431. The van der Waals surface area contributed by atoms with Gasteiger partial charge in [0.1, 0.15) is 12.4 Å². The monoisotopic (exact) mass is 364 g/mol. The molecule has 0 aliphatic carbocycles. The fourth-order valence-corrected chi connectivity index (χ4v) is 2.64. The Morgan fingerprint density at radius 3 is 2.62 bits per heavy atom. The van der Waals surface area contributed by atoms with Gasteiger partial charge in [-0.3, -0.25) is 5.43 Å². The van der Waals surface area contributed by atoms with Crippen LogP contribution < -0.4 is 10.2 Å². The largest absolute Gasteiger partial charge is 0.489 e. The first kappa shape index (κ1) is 18.0. The lowest BCUT2D eigenvalue weighted by atomic mass is 10.1. The maximum atomic E-state index is 6.16. The molecule has 0 radical (unpaired) electrons. The Kier molecular flexibility index (Phi) is 5.92. The molecule has 0 aromatic heterocycles. The van der Waals surface area contributed by atoms with Gasteiger partial charge >= 0.3 is 0 Å². The molecule has 132 valence electrons. The number of aryl methyl sites for hydroxylation is 2. The van der Waals surface area contributed by atoms with Crippen LogP contribution in [-0.4, -0.2) is 6.21 Å². The average Bonchev–Trinajstić information content (AvgIpc) is 2.64. The number of hydrogen-bond acceptors (Lipinski definition) is 3. The molecule has 0 fully saturated rings. The number of anilines is 1. The Labute approximate surface area is 159 Å². The van der Waals surface area contributed by atoms with E-state index >= 15 is 0 Å². The number of rotatable bonds is 6. The molecule has 0 saturated heterocycles. The predicted octanol–water partition coefficient (Wildman–Crippen LogP) is 5.98. The highest BCUT2D eigenvalue weighted by atomic mass is 35.5. The van der Waals surface area contributed by atoms with Crippen molar-refractivity contribution in [1.82, 2.24) is 0 Å². The second-order valence-corrected chi connectivity index (χ2v) is 6.53. The summed E-state index contributed by atoms with van der Waals surface area (Å²) in [7, 11) is 0. The lowest BCUT2D eigenvalue weighted by Crippen LogP contribution is -1.97. The Hall–Kier alpha value is -2.78. The van der Waals surface area contributed by atoms with E-state index < -0.39 is 0 Å². The van der Waals surface area contributed by atoms with Gasteiger partial charge in [-0.25, -0.2) is 0 Å². The molecule has 0 aliphatic heterocycles. The molecule has 0 unspecified atom stereocenters. The van der Waals surface area contributed by atoms with Gasteiger partial charge < -0.3 is 4.74 Å². The van der Waals surface area contributed by atoms with E-state index in [2.05, 4.69) is 36.5 Å². The molecule has 26 heavy (non-hydrogen) atoms. The first-order valence-corrected chi connectivity index (χ1v) is 8.82. The zero-order chi connectivity index (χ0) is 18.4. The van der Waals surface area contributed by atoms with Crippen LogP contribution in [0.3, 0.4) is 0 Å². The molecular weight excluding hydrogens is 344 g/mol. The first-order chi connectivity index (χ1) is 12.6. The summed E-state index contributed by atoms with van der Waals surface area (Å²) in [6.07, 6.45) is 1.78. The summed E-state index contributed by atoms with van der Waals surface area (Å²) in [4.78, 5) is 0. The van der Waals surface area contributed by atoms with Gasteiger partial charge in [0.05, 0.1) is 11.9 Å². The highest BCUT2D eigenvalue weighted by Gasteiger charge is 2.01. The second kappa shape index (κ2) is 8.54. The zero-order valence-corrected chi connectivity index (χ0v) is 15.6. The van der Waals surface area contributed by atoms with Crippen molar-refractivity contribution in [2.45, 2.75) is 20.5 Å². The second-order valence-electron chi connectivity index (χ2n) is 6.12. The molecule has 0 aliphatic rings. The van der Waals surface area contributed by atoms with Crippen LogP contribution in [0.25, 0.3) is 0 Å². The van der Waals surface area contributed by atoms with Crippen molar-refractivity contribution in [3.8, 4) is 5.75 Å². The minimum absolute atomic E-state index is 0.432. The fourth-order valence-electron chi connectivity index (χ4n) is 2.45. The van der Waals surface area contributed by atoms with Gasteiger partial charge in [0.2, 0.25) is 0 Å². The molecule has 0 bridgehead atoms. The molecule has 3 nitrogen and oxygen atoms in total. The summed E-state index contributed by atoms with van der Waals surface area (Å²) in [6, 6.07) is 21.6. The molecule has 0 heterocycles. The first-order valence-electron chi connectivity index (χ1n) is 8.44. The van der Waals surface area contributed by atoms with E-state index in [0.717, 1.165) is 22.6 Å². The van der Waals surface area contributed by atoms with E-state index in [1.807, 2.05) is 54.6 Å². The van der Waals surface area contributed by atoms with E-state index in [1.165, 1.54) is 11.1 Å². The van der Waals surface area contributed by atoms with E-state index in [0.29, 0.717) is 11.6 Å². The number of nitrogens with zero attached hydrogens (tertiary/aromatic N) is 1. The van der Waals surface area contributed by atoms with E-state index in [9.17, 15) is 0 Å². The molecule has 0 saturated carbocycles. The molecular formula is C22H21ClN2O. The van der Waals surface area contributed by atoms with Crippen molar-refractivity contribution in [3.05, 3.63) is 94.0 Å². The summed E-state index contributed by atoms with van der Waals surface area (Å²) in [6.45, 7) is 4.61. The molecule has 1 N–H and O–H groups in total. The van der Waals surface area contributed by atoms with Crippen LogP contribution in [0.5, 0.6) is 5.75 Å². The molecule has 3 rings (SSSR count). The van der Waals surface area contributed by atoms with Crippen molar-refractivity contribution in [2.75, 3.05) is 5.43 Å². The summed E-state index contributed by atoms with van der Waals surface area (Å²) in [5.41, 5.74) is 8.45. The Morgan fingerprint density at radius 1 is 0.962 bits per heavy atom. The van der Waals surface area contributed by atoms with Crippen molar-refractivity contribution in [3.63, 3.8) is 0 Å². The lowest BCUT2D eigenvalue weighted by Gasteiger charge is -2.08. The van der Waals surface area contributed by atoms with Crippen LogP contribution in [-0.2, 0) is 6.61 Å². The van der Waals surface area contributed by atoms with Crippen molar-refractivity contribution < 1.29 is 4.74 Å². The maximum absolute atomic E-state index is 6.16. The average molecular weight is 365 g/mol. The van der Waals surface area contributed by atoms with Crippen molar-refractivity contribution in [1.29, 1.82) is 0 Å². The topological polar surface area (TPSA) is 33.6 Å². The summed E-state index contributed by atoms with van der Waals surface area (Å²) in [5, 5.41) is 5.02. The molecule has 0 amide bonds. The molecule has 4 heteroatoms. The van der Waals surface area contributed by atoms with E-state index in [-0.39, 0.29) is 0 Å². The van der Waals surface area contributed by atoms with Gasteiger partial charge in [-0.05, 0) is 60.9 Å². The van der Waals surface area contributed by atoms with Crippen LogP contribution in [0.2, 0.25) is 5.02 Å². The molecule has 3 aromatic rings. The van der Waals surface area contributed by atoms with Crippen molar-refractivity contribution in [2.24, 2.45) is 5.10 Å². The third-order valence-electron chi connectivity index (χ3n) is 4.12. The van der Waals surface area contributed by atoms with E-state index in [1.54, 1.807) is 6.21 Å². The van der Waals surface area contributed by atoms with Crippen LogP contribution in [0, 0.1) is 13.8 Å². The van der Waals surface area contributed by atoms with Gasteiger partial charge in [0, 0.05) is 10.6 Å². The minimum atomic E-state index is 0.432. The molecule has 3 aromatic carbocycles. The van der Waals surface area contributed by atoms with Gasteiger partial charge in [-0.15, -0.1) is 0 Å². The normalized spacial score (nSPS) is 10.9. The SMILES string of the molecule is Cc1ccc(NN=Cc2cccc(OCc3ccccc3Cl)c2)cc1C. The standard InChI is InChI=1S/C22H21ClN2O/c1-16-10-11-20(12-17(16)2)25-24-14-18-6-5-8-21(13-18)26-15-19-7-3-4-9-22(19)23/h3-14,25H,15H2,1-2H3. The summed E-state index contributed by atoms with van der Waals surface area (Å²) >= 11 is 6.16. The molecule has 0 spiro atoms. The number of hydrogen-bond donors (Lipinski definition) is 1. The number of nitrogens with one attached hydrogen (secondary N) is 1. The van der Waals surface area contributed by atoms with Crippen LogP contribution >= 0.6 is 11.6 Å². The summed E-state index contributed by atoms with van der Waals surface area (Å²) < 4.78 is 5.84. The van der Waals surface area contributed by atoms with Gasteiger partial charge in [-0.2, -0.15) is 5.10 Å². The minimum Gasteiger partial charge on any atom is -0.489 e. The van der Waals surface area contributed by atoms with Crippen LogP contribution in [0.4, 0.5) is 5.69 Å². The van der Waals surface area contributed by atoms with Crippen molar-refractivity contribution >= 4 is 23.5 Å². The summed E-state index contributed by atoms with van der Waals surface area (Å²) in [5.74, 6) is 0.778. The van der Waals surface area contributed by atoms with Gasteiger partial charge in [-0.1, -0.05) is 48.0 Å². The number of benzene rings is 3. The Bertz CT molecular complexity index is 922. The van der Waals surface area contributed by atoms with E-state index in [4.69, 9.17) is 16.3 Å². The van der Waals surface area contributed by atoms with Gasteiger partial charge in [0.25, 0.3) is 0 Å². The lowest BCUT2D eigenvalue weighted by molar-refractivity contribution is 0.306. The zero-order valence-electron chi connectivity index (χ0n) is 14.9. The third kappa shape index (κ3) is 4.87. The maximum Gasteiger partial charge on any atom is 0.120 e.